The van der Waals surface area contributed by atoms with E-state index < -0.39 is 44.6 Å². The van der Waals surface area contributed by atoms with Crippen LogP contribution in [0.2, 0.25) is 0 Å². The molecule has 2 N–H and O–H groups in total. The molecule has 2 unspecified atom stereocenters. The van der Waals surface area contributed by atoms with Crippen LogP contribution in [-0.4, -0.2) is 31.1 Å². The van der Waals surface area contributed by atoms with E-state index in [0.717, 1.165) is 0 Å². The molecule has 84 valence electrons. The Labute approximate surface area is 84.6 Å². The van der Waals surface area contributed by atoms with E-state index in [4.69, 9.17) is 9.11 Å². The topological polar surface area (TPSA) is 129 Å². The highest BCUT2D eigenvalue weighted by atomic mass is 32.2. The summed E-state index contributed by atoms with van der Waals surface area (Å²) in [7, 11) is -2.63. The third kappa shape index (κ3) is 10.2. The largest absolute Gasteiger partial charge is 0.702 e. The molecule has 0 radical (unpaired) electrons. The lowest BCUT2D eigenvalue weighted by Gasteiger charge is -1.91. The number of rotatable bonds is 8. The molecule has 0 spiro atoms. The van der Waals surface area contributed by atoms with Gasteiger partial charge in [-0.3, -0.25) is 9.11 Å². The Hall–Kier alpha value is 0.160. The summed E-state index contributed by atoms with van der Waals surface area (Å²) in [5.41, 5.74) is 0. The molecule has 0 aliphatic rings. The highest BCUT2D eigenvalue weighted by molar-refractivity contribution is 7.74. The van der Waals surface area contributed by atoms with Crippen LogP contribution in [0.25, 0.3) is 0 Å². The average Bonchev–Trinajstić information content (AvgIpc) is 2.02. The molecule has 0 saturated heterocycles. The van der Waals surface area contributed by atoms with E-state index in [0.29, 0.717) is 0 Å². The van der Waals surface area contributed by atoms with Crippen molar-refractivity contribution in [3.63, 3.8) is 0 Å². The third-order valence-electron chi connectivity index (χ3n) is 0.614. The van der Waals surface area contributed by atoms with Crippen LogP contribution in [-0.2, 0) is 44.7 Å². The maximum atomic E-state index is 10.6. The highest BCUT2D eigenvalue weighted by Gasteiger charge is 2.21. The quantitative estimate of drug-likeness (QED) is 0.352. The van der Waals surface area contributed by atoms with Crippen LogP contribution >= 0.6 is 8.25 Å². The molecule has 14 heavy (non-hydrogen) atoms. The molecule has 0 fully saturated rings. The molecular formula is C2H6O9PS2+. The fourth-order valence-corrected chi connectivity index (χ4v) is 1.00. The van der Waals surface area contributed by atoms with Gasteiger partial charge >= 0.3 is 31.0 Å². The molecule has 0 aromatic carbocycles. The van der Waals surface area contributed by atoms with Gasteiger partial charge in [-0.15, -0.1) is 0 Å². The van der Waals surface area contributed by atoms with Crippen molar-refractivity contribution in [1.82, 2.24) is 0 Å². The maximum Gasteiger partial charge on any atom is 0.702 e. The Balaban J connectivity index is 3.37. The summed E-state index contributed by atoms with van der Waals surface area (Å²) in [5.74, 6) is 0. The lowest BCUT2D eigenvalue weighted by Crippen LogP contribution is -2.01. The molecule has 9 nitrogen and oxygen atoms in total. The zero-order chi connectivity index (χ0) is 11.0. The van der Waals surface area contributed by atoms with Crippen molar-refractivity contribution in [3.8, 4) is 0 Å². The van der Waals surface area contributed by atoms with Crippen LogP contribution in [0, 0.1) is 0 Å². The minimum Gasteiger partial charge on any atom is -0.284 e. The SMILES string of the molecule is O=[P+](OCOS(=O)O)OCOS(=O)O. The maximum absolute atomic E-state index is 10.6. The van der Waals surface area contributed by atoms with E-state index in [-0.39, 0.29) is 0 Å². The first kappa shape index (κ1) is 14.2. The zero-order valence-corrected chi connectivity index (χ0v) is 8.96. The van der Waals surface area contributed by atoms with Gasteiger partial charge in [0.2, 0.25) is 13.6 Å². The Morgan fingerprint density at radius 3 is 1.64 bits per heavy atom. The molecule has 0 heterocycles. The van der Waals surface area contributed by atoms with Crippen molar-refractivity contribution in [1.29, 1.82) is 0 Å². The molecular weight excluding hydrogens is 263 g/mol. The van der Waals surface area contributed by atoms with Gasteiger partial charge < -0.3 is 0 Å². The van der Waals surface area contributed by atoms with Crippen LogP contribution in [0.5, 0.6) is 0 Å². The smallest absolute Gasteiger partial charge is 0.284 e. The molecule has 2 atom stereocenters. The molecule has 0 aliphatic carbocycles. The fraction of sp³-hybridized carbons (Fsp3) is 1.00. The van der Waals surface area contributed by atoms with Crippen LogP contribution in [0.15, 0.2) is 0 Å². The van der Waals surface area contributed by atoms with Gasteiger partial charge in [0, 0.05) is 4.57 Å². The predicted octanol–water partition coefficient (Wildman–Crippen LogP) is -0.101. The van der Waals surface area contributed by atoms with Gasteiger partial charge in [-0.25, -0.2) is 8.37 Å². The second-order valence-corrected chi connectivity index (χ2v) is 3.69. The molecule has 0 aromatic heterocycles. The average molecular weight is 269 g/mol. The van der Waals surface area contributed by atoms with Gasteiger partial charge in [-0.2, -0.15) is 8.42 Å². The fourth-order valence-electron chi connectivity index (χ4n) is 0.249. The van der Waals surface area contributed by atoms with Crippen LogP contribution in [0.1, 0.15) is 0 Å². The van der Waals surface area contributed by atoms with Crippen molar-refractivity contribution >= 4 is 31.0 Å². The summed E-state index contributed by atoms with van der Waals surface area (Å²) < 4.78 is 62.6. The predicted molar refractivity (Wildman–Crippen MR) is 43.2 cm³/mol. The molecule has 0 rings (SSSR count). The Kier molecular flexibility index (Phi) is 8.56. The van der Waals surface area contributed by atoms with Crippen molar-refractivity contribution in [2.45, 2.75) is 0 Å². The minimum absolute atomic E-state index is 0.722. The highest BCUT2D eigenvalue weighted by Crippen LogP contribution is 2.23. The van der Waals surface area contributed by atoms with Crippen LogP contribution in [0.4, 0.5) is 0 Å². The van der Waals surface area contributed by atoms with Crippen LogP contribution in [0.3, 0.4) is 0 Å². The van der Waals surface area contributed by atoms with E-state index in [9.17, 15) is 13.0 Å². The molecule has 0 aliphatic heterocycles. The summed E-state index contributed by atoms with van der Waals surface area (Å²) in [6.45, 7) is -1.44. The number of hydrogen-bond acceptors (Lipinski definition) is 7. The third-order valence-corrected chi connectivity index (χ3v) is 1.84. The number of hydrogen-bond donors (Lipinski definition) is 2. The van der Waals surface area contributed by atoms with Crippen LogP contribution < -0.4 is 0 Å². The molecule has 0 bridgehead atoms. The van der Waals surface area contributed by atoms with Crippen molar-refractivity contribution in [2.24, 2.45) is 0 Å². The normalized spacial score (nSPS) is 16.3. The summed E-state index contributed by atoms with van der Waals surface area (Å²) in [4.78, 5) is 0. The van der Waals surface area contributed by atoms with Gasteiger partial charge in [0.25, 0.3) is 0 Å². The van der Waals surface area contributed by atoms with Crippen molar-refractivity contribution < 1.29 is 39.5 Å². The minimum atomic E-state index is -2.63. The summed E-state index contributed by atoms with van der Waals surface area (Å²) >= 11 is -5.05. The second-order valence-electron chi connectivity index (χ2n) is 1.39. The van der Waals surface area contributed by atoms with Gasteiger partial charge in [0.15, 0.2) is 0 Å². The van der Waals surface area contributed by atoms with E-state index in [2.05, 4.69) is 17.4 Å². The van der Waals surface area contributed by atoms with Crippen molar-refractivity contribution in [2.75, 3.05) is 13.6 Å². The molecule has 0 saturated carbocycles. The Morgan fingerprint density at radius 2 is 1.36 bits per heavy atom. The Bertz CT molecular complexity index is 207. The Morgan fingerprint density at radius 1 is 1.00 bits per heavy atom. The van der Waals surface area contributed by atoms with E-state index in [1.54, 1.807) is 0 Å². The standard InChI is InChI=1S/C2H5O9PS2/c3-12(8-1-10-13(4)5)9-2-11-14(6)7/h1-2H2,(H-,4,5,6,7)/p+1. The molecule has 0 aromatic rings. The lowest BCUT2D eigenvalue weighted by atomic mass is 11.6. The van der Waals surface area contributed by atoms with Gasteiger partial charge in [0.1, 0.15) is 0 Å². The summed E-state index contributed by atoms with van der Waals surface area (Å²) in [6.07, 6.45) is 0. The van der Waals surface area contributed by atoms with Gasteiger partial charge in [0.05, 0.1) is 0 Å². The van der Waals surface area contributed by atoms with Gasteiger partial charge in [-0.05, 0) is 0 Å². The zero-order valence-electron chi connectivity index (χ0n) is 6.43. The summed E-state index contributed by atoms with van der Waals surface area (Å²) in [6, 6.07) is 0. The first-order valence-corrected chi connectivity index (χ1v) is 5.89. The van der Waals surface area contributed by atoms with Gasteiger partial charge in [-0.1, -0.05) is 9.05 Å². The van der Waals surface area contributed by atoms with E-state index in [1.807, 2.05) is 0 Å². The molecule has 12 heteroatoms. The first-order chi connectivity index (χ1) is 6.52. The summed E-state index contributed by atoms with van der Waals surface area (Å²) in [5, 5.41) is 0. The van der Waals surface area contributed by atoms with E-state index >= 15 is 0 Å². The monoisotopic (exact) mass is 269 g/mol. The first-order valence-electron chi connectivity index (χ1n) is 2.73. The second kappa shape index (κ2) is 8.47. The van der Waals surface area contributed by atoms with E-state index in [1.165, 1.54) is 0 Å². The lowest BCUT2D eigenvalue weighted by molar-refractivity contribution is 0.0738. The van der Waals surface area contributed by atoms with Crippen molar-refractivity contribution in [3.05, 3.63) is 0 Å². The molecule has 0 amide bonds.